The molecule has 0 radical (unpaired) electrons. The van der Waals surface area contributed by atoms with Crippen LogP contribution in [0.3, 0.4) is 0 Å². The van der Waals surface area contributed by atoms with Gasteiger partial charge in [0.15, 0.2) is 11.7 Å². The third-order valence-corrected chi connectivity index (χ3v) is 3.13. The molecule has 6 heteroatoms. The normalized spacial score (nSPS) is 12.1. The number of fused-ring (bicyclic) bond motifs is 1. The first kappa shape index (κ1) is 14.1. The third-order valence-electron chi connectivity index (χ3n) is 3.13. The number of benzene rings is 1. The first-order valence-corrected chi connectivity index (χ1v) is 6.74. The number of hydrogen-bond donors (Lipinski definition) is 0. The molecule has 6 nitrogen and oxygen atoms in total. The van der Waals surface area contributed by atoms with Gasteiger partial charge in [0.05, 0.1) is 7.11 Å². The summed E-state index contributed by atoms with van der Waals surface area (Å²) >= 11 is 0. The zero-order valence-corrected chi connectivity index (χ0v) is 12.1. The van der Waals surface area contributed by atoms with E-state index in [0.29, 0.717) is 11.5 Å². The summed E-state index contributed by atoms with van der Waals surface area (Å²) in [6, 6.07) is 10.6. The Labute approximate surface area is 126 Å². The summed E-state index contributed by atoms with van der Waals surface area (Å²) in [5.41, 5.74) is 1.63. The first-order chi connectivity index (χ1) is 10.7. The number of aromatic nitrogens is 2. The molecule has 0 spiro atoms. The number of oxazole rings is 1. The van der Waals surface area contributed by atoms with Crippen LogP contribution >= 0.6 is 0 Å². The quantitative estimate of drug-likeness (QED) is 0.689. The van der Waals surface area contributed by atoms with Crippen LogP contribution in [0.25, 0.3) is 11.1 Å². The van der Waals surface area contributed by atoms with Gasteiger partial charge in [0.25, 0.3) is 0 Å². The van der Waals surface area contributed by atoms with Crippen molar-refractivity contribution in [3.05, 3.63) is 54.0 Å². The molecule has 112 valence electrons. The lowest BCUT2D eigenvalue weighted by atomic mass is 10.2. The Bertz CT molecular complexity index is 780. The molecule has 0 aliphatic heterocycles. The van der Waals surface area contributed by atoms with E-state index in [2.05, 4.69) is 9.97 Å². The second-order valence-corrected chi connectivity index (χ2v) is 4.63. The standard InChI is InChI=1S/C16H14N2O4/c1-10(14-18-12-7-3-4-8-13(12)22-14)21-16(19)11-6-5-9-17-15(11)20-2/h3-10H,1-2H3/t10-/m1/s1. The smallest absolute Gasteiger partial charge is 0.344 e. The SMILES string of the molecule is COc1ncccc1C(=O)O[C@H](C)c1nc2ccccc2o1. The molecule has 2 heterocycles. The Morgan fingerprint density at radius 2 is 2.05 bits per heavy atom. The lowest BCUT2D eigenvalue weighted by Crippen LogP contribution is -2.11. The molecule has 0 unspecified atom stereocenters. The summed E-state index contributed by atoms with van der Waals surface area (Å²) in [5, 5.41) is 0. The predicted molar refractivity (Wildman–Crippen MR) is 78.6 cm³/mol. The first-order valence-electron chi connectivity index (χ1n) is 6.74. The van der Waals surface area contributed by atoms with Crippen LogP contribution in [0.5, 0.6) is 5.88 Å². The van der Waals surface area contributed by atoms with Crippen molar-refractivity contribution >= 4 is 17.1 Å². The molecule has 0 N–H and O–H groups in total. The molecule has 0 fully saturated rings. The van der Waals surface area contributed by atoms with Crippen molar-refractivity contribution in [3.63, 3.8) is 0 Å². The lowest BCUT2D eigenvalue weighted by Gasteiger charge is -2.11. The summed E-state index contributed by atoms with van der Waals surface area (Å²) < 4.78 is 16.0. The molecule has 0 aliphatic rings. The Balaban J connectivity index is 1.81. The molecule has 0 bridgehead atoms. The van der Waals surface area contributed by atoms with Crippen LogP contribution < -0.4 is 4.74 Å². The Morgan fingerprint density at radius 1 is 1.23 bits per heavy atom. The van der Waals surface area contributed by atoms with Crippen LogP contribution in [0.1, 0.15) is 29.3 Å². The van der Waals surface area contributed by atoms with Crippen LogP contribution in [-0.4, -0.2) is 23.0 Å². The third kappa shape index (κ3) is 2.63. The minimum Gasteiger partial charge on any atom is -0.480 e. The van der Waals surface area contributed by atoms with Crippen LogP contribution in [-0.2, 0) is 4.74 Å². The topological polar surface area (TPSA) is 74.5 Å². The number of nitrogens with zero attached hydrogens (tertiary/aromatic N) is 2. The number of carbonyl (C=O) groups is 1. The van der Waals surface area contributed by atoms with Gasteiger partial charge < -0.3 is 13.9 Å². The Hall–Kier alpha value is -2.89. The number of para-hydroxylation sites is 2. The average molecular weight is 298 g/mol. The highest BCUT2D eigenvalue weighted by Crippen LogP contribution is 2.24. The molecule has 0 saturated heterocycles. The molecule has 0 amide bonds. The minimum atomic E-state index is -0.621. The maximum atomic E-state index is 12.2. The zero-order valence-electron chi connectivity index (χ0n) is 12.1. The van der Waals surface area contributed by atoms with Crippen LogP contribution in [0.2, 0.25) is 0 Å². The summed E-state index contributed by atoms with van der Waals surface area (Å²) in [7, 11) is 1.45. The number of pyridine rings is 1. The molecule has 3 rings (SSSR count). The number of rotatable bonds is 4. The Morgan fingerprint density at radius 3 is 2.82 bits per heavy atom. The number of hydrogen-bond acceptors (Lipinski definition) is 6. The number of carbonyl (C=O) groups excluding carboxylic acids is 1. The van der Waals surface area contributed by atoms with Gasteiger partial charge in [-0.05, 0) is 31.2 Å². The van der Waals surface area contributed by atoms with Crippen LogP contribution in [0, 0.1) is 0 Å². The molecule has 1 atom stereocenters. The summed E-state index contributed by atoms with van der Waals surface area (Å²) in [5.74, 6) is 0.0226. The molecule has 22 heavy (non-hydrogen) atoms. The van der Waals surface area contributed by atoms with Crippen molar-refractivity contribution in [1.82, 2.24) is 9.97 Å². The second kappa shape index (κ2) is 5.85. The molecule has 3 aromatic rings. The van der Waals surface area contributed by atoms with E-state index >= 15 is 0 Å². The van der Waals surface area contributed by atoms with Gasteiger partial charge in [-0.15, -0.1) is 0 Å². The fraction of sp³-hybridized carbons (Fsp3) is 0.188. The van der Waals surface area contributed by atoms with Crippen molar-refractivity contribution in [2.24, 2.45) is 0 Å². The van der Waals surface area contributed by atoms with Gasteiger partial charge in [-0.1, -0.05) is 12.1 Å². The van der Waals surface area contributed by atoms with Crippen molar-refractivity contribution in [3.8, 4) is 5.88 Å². The highest BCUT2D eigenvalue weighted by molar-refractivity contribution is 5.91. The summed E-state index contributed by atoms with van der Waals surface area (Å²) in [4.78, 5) is 20.5. The molecule has 0 saturated carbocycles. The van der Waals surface area contributed by atoms with Gasteiger partial charge in [-0.25, -0.2) is 14.8 Å². The van der Waals surface area contributed by atoms with Crippen molar-refractivity contribution in [2.45, 2.75) is 13.0 Å². The van der Waals surface area contributed by atoms with E-state index in [1.807, 2.05) is 24.3 Å². The zero-order chi connectivity index (χ0) is 15.5. The maximum absolute atomic E-state index is 12.2. The van der Waals surface area contributed by atoms with Gasteiger partial charge >= 0.3 is 5.97 Å². The molecular weight excluding hydrogens is 284 g/mol. The number of methoxy groups -OCH3 is 1. The lowest BCUT2D eigenvalue weighted by molar-refractivity contribution is 0.0278. The average Bonchev–Trinajstić information content (AvgIpc) is 2.99. The fourth-order valence-corrected chi connectivity index (χ4v) is 2.05. The van der Waals surface area contributed by atoms with Gasteiger partial charge in [-0.2, -0.15) is 0 Å². The van der Waals surface area contributed by atoms with E-state index in [9.17, 15) is 4.79 Å². The van der Waals surface area contributed by atoms with E-state index in [0.717, 1.165) is 5.52 Å². The van der Waals surface area contributed by atoms with E-state index in [4.69, 9.17) is 13.9 Å². The Kier molecular flexibility index (Phi) is 3.74. The van der Waals surface area contributed by atoms with Crippen molar-refractivity contribution in [1.29, 1.82) is 0 Å². The molecule has 2 aromatic heterocycles. The van der Waals surface area contributed by atoms with Crippen molar-refractivity contribution < 1.29 is 18.7 Å². The van der Waals surface area contributed by atoms with Gasteiger partial charge in [0, 0.05) is 6.20 Å². The maximum Gasteiger partial charge on any atom is 0.344 e. The minimum absolute atomic E-state index is 0.220. The van der Waals surface area contributed by atoms with Gasteiger partial charge in [-0.3, -0.25) is 0 Å². The van der Waals surface area contributed by atoms with E-state index in [1.165, 1.54) is 7.11 Å². The van der Waals surface area contributed by atoms with Crippen molar-refractivity contribution in [2.75, 3.05) is 7.11 Å². The molecule has 1 aromatic carbocycles. The fourth-order valence-electron chi connectivity index (χ4n) is 2.05. The molecule has 0 aliphatic carbocycles. The van der Waals surface area contributed by atoms with E-state index < -0.39 is 12.1 Å². The van der Waals surface area contributed by atoms with E-state index in [-0.39, 0.29) is 11.4 Å². The highest BCUT2D eigenvalue weighted by atomic mass is 16.6. The van der Waals surface area contributed by atoms with Crippen LogP contribution in [0.15, 0.2) is 47.0 Å². The van der Waals surface area contributed by atoms with Gasteiger partial charge in [0.1, 0.15) is 11.1 Å². The molecular formula is C16H14N2O4. The summed E-state index contributed by atoms with van der Waals surface area (Å²) in [6.45, 7) is 1.70. The number of esters is 1. The van der Waals surface area contributed by atoms with E-state index in [1.54, 1.807) is 25.3 Å². The monoisotopic (exact) mass is 298 g/mol. The van der Waals surface area contributed by atoms with Crippen LogP contribution in [0.4, 0.5) is 0 Å². The predicted octanol–water partition coefficient (Wildman–Crippen LogP) is 3.15. The largest absolute Gasteiger partial charge is 0.480 e. The second-order valence-electron chi connectivity index (χ2n) is 4.63. The summed E-state index contributed by atoms with van der Waals surface area (Å²) in [6.07, 6.45) is 0.921. The van der Waals surface area contributed by atoms with Gasteiger partial charge in [0.2, 0.25) is 11.8 Å². The highest BCUT2D eigenvalue weighted by Gasteiger charge is 2.21. The number of ether oxygens (including phenoxy) is 2.